The summed E-state index contributed by atoms with van der Waals surface area (Å²) in [5.74, 6) is -2.13. The molecule has 3 N–H and O–H groups in total. The molecule has 17 nitrogen and oxygen atoms in total. The quantitative estimate of drug-likeness (QED) is 0.0222. The van der Waals surface area contributed by atoms with Gasteiger partial charge in [-0.1, -0.05) is 291 Å². The van der Waals surface area contributed by atoms with E-state index in [0.29, 0.717) is 25.7 Å². The van der Waals surface area contributed by atoms with Gasteiger partial charge in [0.05, 0.1) is 26.4 Å². The molecular weight excluding hydrogens is 1130 g/mol. The van der Waals surface area contributed by atoms with Gasteiger partial charge in [-0.05, 0) is 25.7 Å². The van der Waals surface area contributed by atoms with Crippen molar-refractivity contribution in [2.24, 2.45) is 0 Å². The zero-order chi connectivity index (χ0) is 62.6. The molecule has 0 radical (unpaired) electrons. The van der Waals surface area contributed by atoms with Gasteiger partial charge >= 0.3 is 39.5 Å². The molecule has 0 spiro atoms. The number of aliphatic hydroxyl groups excluding tert-OH is 1. The number of phosphoric acid groups is 2. The van der Waals surface area contributed by atoms with Crippen molar-refractivity contribution in [1.82, 2.24) is 0 Å². The van der Waals surface area contributed by atoms with E-state index in [2.05, 4.69) is 27.7 Å². The average Bonchev–Trinajstić information content (AvgIpc) is 3.49. The fourth-order valence-corrected chi connectivity index (χ4v) is 11.6. The number of unbranched alkanes of at least 4 members (excludes halogenated alkanes) is 41. The Morgan fingerprint density at radius 1 is 0.282 bits per heavy atom. The molecule has 0 aliphatic carbocycles. The van der Waals surface area contributed by atoms with Crippen LogP contribution in [0.1, 0.15) is 342 Å². The van der Waals surface area contributed by atoms with Gasteiger partial charge in [0.1, 0.15) is 19.3 Å². The van der Waals surface area contributed by atoms with Gasteiger partial charge in [-0.3, -0.25) is 37.3 Å². The molecule has 0 fully saturated rings. The fourth-order valence-electron chi connectivity index (χ4n) is 9.99. The van der Waals surface area contributed by atoms with E-state index < -0.39 is 97.5 Å². The third kappa shape index (κ3) is 60.7. The molecule has 0 saturated carbocycles. The maximum absolute atomic E-state index is 13.0. The summed E-state index contributed by atoms with van der Waals surface area (Å²) >= 11 is 0. The van der Waals surface area contributed by atoms with Crippen LogP contribution in [0.2, 0.25) is 0 Å². The molecule has 2 unspecified atom stereocenters. The molecule has 5 atom stereocenters. The lowest BCUT2D eigenvalue weighted by molar-refractivity contribution is -0.161. The molecule has 0 amide bonds. The molecule has 0 bridgehead atoms. The minimum Gasteiger partial charge on any atom is -0.462 e. The predicted molar refractivity (Wildman–Crippen MR) is 340 cm³/mol. The first-order valence-corrected chi connectivity index (χ1v) is 37.8. The summed E-state index contributed by atoms with van der Waals surface area (Å²) in [5, 5.41) is 10.5. The fraction of sp³-hybridized carbons (Fsp3) is 0.939. The van der Waals surface area contributed by atoms with Gasteiger partial charge < -0.3 is 33.8 Å². The second-order valence-electron chi connectivity index (χ2n) is 23.9. The maximum Gasteiger partial charge on any atom is 0.472 e. The number of phosphoric ester groups is 2. The standard InChI is InChI=1S/C66H128O17P2/c1-5-9-13-17-21-24-27-29-31-33-36-39-43-47-51-64(69)77-57-62(83-66(71)53-49-45-41-37-34-32-30-28-25-22-18-14-10-6-2)59-81-85(74,75)79-55-60(67)54-78-84(72,73)80-58-61(56-76-63(68)50-46-42-38-20-16-12-8-4)82-65(70)52-48-44-40-35-26-23-19-15-11-7-3/h60-62,67H,5-59H2,1-4H3,(H,72,73)(H,74,75)/t60-,61+,62+/m0/s1. The highest BCUT2D eigenvalue weighted by Crippen LogP contribution is 2.45. The van der Waals surface area contributed by atoms with Gasteiger partial charge in [-0.2, -0.15) is 0 Å². The Kier molecular flexibility index (Phi) is 59.6. The first-order valence-electron chi connectivity index (χ1n) is 34.8. The van der Waals surface area contributed by atoms with E-state index in [1.54, 1.807) is 0 Å². The predicted octanol–water partition coefficient (Wildman–Crippen LogP) is 18.7. The topological polar surface area (TPSA) is 237 Å². The van der Waals surface area contributed by atoms with Crippen molar-refractivity contribution in [1.29, 1.82) is 0 Å². The number of rotatable bonds is 67. The summed E-state index contributed by atoms with van der Waals surface area (Å²) in [5.41, 5.74) is 0. The van der Waals surface area contributed by atoms with E-state index in [9.17, 15) is 43.2 Å². The normalized spacial score (nSPS) is 14.1. The lowest BCUT2D eigenvalue weighted by Crippen LogP contribution is -2.30. The summed E-state index contributed by atoms with van der Waals surface area (Å²) < 4.78 is 68.0. The minimum atomic E-state index is -4.94. The van der Waals surface area contributed by atoms with E-state index in [1.807, 2.05) is 0 Å². The van der Waals surface area contributed by atoms with Crippen molar-refractivity contribution in [3.63, 3.8) is 0 Å². The maximum atomic E-state index is 13.0. The highest BCUT2D eigenvalue weighted by atomic mass is 31.2. The summed E-state index contributed by atoms with van der Waals surface area (Å²) in [6.07, 6.45) is 47.2. The van der Waals surface area contributed by atoms with Crippen LogP contribution in [0.4, 0.5) is 0 Å². The van der Waals surface area contributed by atoms with Crippen LogP contribution in [0.15, 0.2) is 0 Å². The number of ether oxygens (including phenoxy) is 4. The second-order valence-corrected chi connectivity index (χ2v) is 26.8. The zero-order valence-electron chi connectivity index (χ0n) is 54.6. The molecule has 0 rings (SSSR count). The largest absolute Gasteiger partial charge is 0.472 e. The summed E-state index contributed by atoms with van der Waals surface area (Å²) in [7, 11) is -9.88. The SMILES string of the molecule is CCCCCCCCCCCCCCCCC(=O)OC[C@H](COP(=O)(O)OC[C@@H](O)COP(=O)(O)OC[C@@H](COC(=O)CCCCCCCCC)OC(=O)CCCCCCCCCCCC)OC(=O)CCCCCCCCCCCCCCCC. The van der Waals surface area contributed by atoms with E-state index >= 15 is 0 Å². The minimum absolute atomic E-state index is 0.106. The number of carbonyl (C=O) groups is 4. The monoisotopic (exact) mass is 1250 g/mol. The van der Waals surface area contributed by atoms with Crippen LogP contribution in [0.25, 0.3) is 0 Å². The average molecular weight is 1260 g/mol. The van der Waals surface area contributed by atoms with E-state index in [1.165, 1.54) is 161 Å². The second kappa shape index (κ2) is 60.9. The third-order valence-corrected chi connectivity index (χ3v) is 17.3. The molecule has 0 aromatic rings. The third-order valence-electron chi connectivity index (χ3n) is 15.4. The molecule has 0 aliphatic rings. The van der Waals surface area contributed by atoms with E-state index in [0.717, 1.165) is 103 Å². The Morgan fingerprint density at radius 2 is 0.471 bits per heavy atom. The van der Waals surface area contributed by atoms with Crippen molar-refractivity contribution in [3.8, 4) is 0 Å². The number of hydrogen-bond donors (Lipinski definition) is 3. The highest BCUT2D eigenvalue weighted by Gasteiger charge is 2.30. The van der Waals surface area contributed by atoms with Gasteiger partial charge in [0, 0.05) is 25.7 Å². The number of aliphatic hydroxyl groups is 1. The number of esters is 4. The van der Waals surface area contributed by atoms with Crippen LogP contribution in [0.3, 0.4) is 0 Å². The Balaban J connectivity index is 5.20. The molecule has 19 heteroatoms. The van der Waals surface area contributed by atoms with E-state index in [-0.39, 0.29) is 25.7 Å². The van der Waals surface area contributed by atoms with Gasteiger partial charge in [-0.15, -0.1) is 0 Å². The Hall–Kier alpha value is -1.94. The van der Waals surface area contributed by atoms with Gasteiger partial charge in [0.25, 0.3) is 0 Å². The Labute approximate surface area is 517 Å². The first kappa shape index (κ1) is 83.1. The van der Waals surface area contributed by atoms with Gasteiger partial charge in [0.15, 0.2) is 12.2 Å². The molecule has 0 saturated heterocycles. The van der Waals surface area contributed by atoms with Crippen LogP contribution in [0, 0.1) is 0 Å². The Bertz CT molecular complexity index is 1640. The molecular formula is C66H128O17P2. The lowest BCUT2D eigenvalue weighted by Gasteiger charge is -2.21. The lowest BCUT2D eigenvalue weighted by atomic mass is 10.0. The molecule has 0 aromatic heterocycles. The zero-order valence-corrected chi connectivity index (χ0v) is 56.4. The van der Waals surface area contributed by atoms with Crippen LogP contribution >= 0.6 is 15.6 Å². The summed E-state index contributed by atoms with van der Waals surface area (Å²) in [4.78, 5) is 72.2. The van der Waals surface area contributed by atoms with Crippen molar-refractivity contribution in [3.05, 3.63) is 0 Å². The van der Waals surface area contributed by atoms with Crippen molar-refractivity contribution >= 4 is 39.5 Å². The van der Waals surface area contributed by atoms with Crippen LogP contribution in [-0.4, -0.2) is 96.7 Å². The molecule has 0 heterocycles. The summed E-state index contributed by atoms with van der Waals surface area (Å²) in [6.45, 7) is 4.87. The van der Waals surface area contributed by atoms with Gasteiger partial charge in [0.2, 0.25) is 0 Å². The first-order chi connectivity index (χ1) is 41.2. The van der Waals surface area contributed by atoms with Crippen LogP contribution < -0.4 is 0 Å². The molecule has 0 aromatic carbocycles. The Morgan fingerprint density at radius 3 is 0.694 bits per heavy atom. The molecule has 504 valence electrons. The smallest absolute Gasteiger partial charge is 0.462 e. The van der Waals surface area contributed by atoms with Crippen LogP contribution in [0.5, 0.6) is 0 Å². The van der Waals surface area contributed by atoms with Crippen LogP contribution in [-0.2, 0) is 65.4 Å². The van der Waals surface area contributed by atoms with Crippen molar-refractivity contribution in [2.45, 2.75) is 361 Å². The number of hydrogen-bond acceptors (Lipinski definition) is 15. The summed E-state index contributed by atoms with van der Waals surface area (Å²) in [6, 6.07) is 0. The van der Waals surface area contributed by atoms with Gasteiger partial charge in [-0.25, -0.2) is 9.13 Å². The molecule has 85 heavy (non-hydrogen) atoms. The molecule has 0 aliphatic heterocycles. The van der Waals surface area contributed by atoms with Crippen molar-refractivity contribution < 1.29 is 80.2 Å². The number of carbonyl (C=O) groups excluding carboxylic acids is 4. The van der Waals surface area contributed by atoms with E-state index in [4.69, 9.17) is 37.0 Å². The van der Waals surface area contributed by atoms with Crippen molar-refractivity contribution in [2.75, 3.05) is 39.6 Å². The highest BCUT2D eigenvalue weighted by molar-refractivity contribution is 7.47.